The summed E-state index contributed by atoms with van der Waals surface area (Å²) in [7, 11) is 0. The number of ether oxygens (including phenoxy) is 1. The summed E-state index contributed by atoms with van der Waals surface area (Å²) in [5, 5.41) is 9.83. The Balaban J connectivity index is 1.52. The van der Waals surface area contributed by atoms with Crippen LogP contribution < -0.4 is 20.7 Å². The summed E-state index contributed by atoms with van der Waals surface area (Å²) in [6.07, 6.45) is 1.64. The molecular formula is C29H24N4O2S. The molecule has 0 fully saturated rings. The van der Waals surface area contributed by atoms with Crippen molar-refractivity contribution in [1.29, 1.82) is 0 Å². The lowest BCUT2D eigenvalue weighted by molar-refractivity contribution is -0.113. The Morgan fingerprint density at radius 2 is 1.67 bits per heavy atom. The Bertz CT molecular complexity index is 1390. The number of hydrogen-bond acceptors (Lipinski definition) is 4. The largest absolute Gasteiger partial charge is 0.489 e. The van der Waals surface area contributed by atoms with E-state index < -0.39 is 6.04 Å². The van der Waals surface area contributed by atoms with Gasteiger partial charge in [0.15, 0.2) is 5.11 Å². The van der Waals surface area contributed by atoms with Crippen molar-refractivity contribution in [2.24, 2.45) is 0 Å². The van der Waals surface area contributed by atoms with E-state index in [9.17, 15) is 4.79 Å². The number of nitrogens with zero attached hydrogens (tertiary/aromatic N) is 1. The Morgan fingerprint density at radius 1 is 0.917 bits per heavy atom. The molecule has 3 aromatic carbocycles. The second kappa shape index (κ2) is 10.8. The molecule has 178 valence electrons. The molecule has 1 aromatic heterocycles. The molecule has 5 rings (SSSR count). The summed E-state index contributed by atoms with van der Waals surface area (Å²) in [5.74, 6) is 0.887. The van der Waals surface area contributed by atoms with Gasteiger partial charge < -0.3 is 20.7 Å². The van der Waals surface area contributed by atoms with Gasteiger partial charge in [0.2, 0.25) is 0 Å². The van der Waals surface area contributed by atoms with Crippen LogP contribution in [-0.2, 0) is 11.4 Å². The van der Waals surface area contributed by atoms with E-state index in [1.54, 1.807) is 18.3 Å². The number of pyridine rings is 1. The molecule has 36 heavy (non-hydrogen) atoms. The Kier molecular flexibility index (Phi) is 7.00. The topological polar surface area (TPSA) is 75.3 Å². The van der Waals surface area contributed by atoms with Gasteiger partial charge in [-0.1, -0.05) is 78.9 Å². The third-order valence-electron chi connectivity index (χ3n) is 5.73. The molecule has 0 radical (unpaired) electrons. The van der Waals surface area contributed by atoms with Crippen LogP contribution in [0.1, 0.15) is 22.7 Å². The molecule has 6 nitrogen and oxygen atoms in total. The maximum absolute atomic E-state index is 13.7. The molecule has 1 aliphatic heterocycles. The van der Waals surface area contributed by atoms with Crippen molar-refractivity contribution >= 4 is 34.8 Å². The SMILES string of the molecule is O=C(Nc1ccccn1)C1=C(c2ccccc2)NC(=S)N[C@@H]1c1cccc(OCc2ccccc2)c1. The van der Waals surface area contributed by atoms with Crippen molar-refractivity contribution in [2.45, 2.75) is 12.6 Å². The fourth-order valence-corrected chi connectivity index (χ4v) is 4.26. The second-order valence-corrected chi connectivity index (χ2v) is 8.61. The highest BCUT2D eigenvalue weighted by Gasteiger charge is 2.32. The standard InChI is InChI=1S/C29H24N4O2S/c34-28(31-24-16-7-8-17-30-24)25-26(21-12-5-2-6-13-21)32-29(36)33-27(25)22-14-9-15-23(18-22)35-19-20-10-3-1-4-11-20/h1-18,27H,19H2,(H,30,31,34)(H2,32,33,36)/t27-/m1/s1. The Hall–Kier alpha value is -4.49. The van der Waals surface area contributed by atoms with Crippen LogP contribution in [0.2, 0.25) is 0 Å². The minimum Gasteiger partial charge on any atom is -0.489 e. The molecule has 0 spiro atoms. The van der Waals surface area contributed by atoms with Crippen LogP contribution in [0.4, 0.5) is 5.82 Å². The average Bonchev–Trinajstić information content (AvgIpc) is 2.93. The maximum atomic E-state index is 13.7. The zero-order valence-electron chi connectivity index (χ0n) is 19.3. The van der Waals surface area contributed by atoms with E-state index in [2.05, 4.69) is 20.9 Å². The van der Waals surface area contributed by atoms with E-state index in [4.69, 9.17) is 17.0 Å². The first-order valence-electron chi connectivity index (χ1n) is 11.5. The van der Waals surface area contributed by atoms with Gasteiger partial charge in [-0.2, -0.15) is 0 Å². The second-order valence-electron chi connectivity index (χ2n) is 8.20. The third kappa shape index (κ3) is 5.42. The highest BCUT2D eigenvalue weighted by molar-refractivity contribution is 7.80. The van der Waals surface area contributed by atoms with Crippen molar-refractivity contribution in [2.75, 3.05) is 5.32 Å². The van der Waals surface area contributed by atoms with E-state index in [1.165, 1.54) is 0 Å². The van der Waals surface area contributed by atoms with Gasteiger partial charge in [0.05, 0.1) is 17.3 Å². The normalized spacial score (nSPS) is 15.0. The highest BCUT2D eigenvalue weighted by atomic mass is 32.1. The quantitative estimate of drug-likeness (QED) is 0.307. The van der Waals surface area contributed by atoms with Gasteiger partial charge in [-0.15, -0.1) is 0 Å². The van der Waals surface area contributed by atoms with E-state index >= 15 is 0 Å². The number of carbonyl (C=O) groups is 1. The van der Waals surface area contributed by atoms with Crippen molar-refractivity contribution in [1.82, 2.24) is 15.6 Å². The van der Waals surface area contributed by atoms with Crippen LogP contribution in [0.3, 0.4) is 0 Å². The smallest absolute Gasteiger partial charge is 0.257 e. The molecular weight excluding hydrogens is 468 g/mol. The van der Waals surface area contributed by atoms with Crippen molar-refractivity contribution in [3.8, 4) is 5.75 Å². The van der Waals surface area contributed by atoms with Crippen molar-refractivity contribution in [3.05, 3.63) is 132 Å². The van der Waals surface area contributed by atoms with Crippen LogP contribution >= 0.6 is 12.2 Å². The van der Waals surface area contributed by atoms with Crippen LogP contribution in [-0.4, -0.2) is 16.0 Å². The molecule has 0 aliphatic carbocycles. The monoisotopic (exact) mass is 492 g/mol. The van der Waals surface area contributed by atoms with E-state index in [0.717, 1.165) is 16.7 Å². The van der Waals surface area contributed by atoms with Gasteiger partial charge in [-0.25, -0.2) is 4.98 Å². The summed E-state index contributed by atoms with van der Waals surface area (Å²) < 4.78 is 6.05. The van der Waals surface area contributed by atoms with Gasteiger partial charge >= 0.3 is 0 Å². The summed E-state index contributed by atoms with van der Waals surface area (Å²) in [6, 6.07) is 32.2. The van der Waals surface area contributed by atoms with E-state index in [0.29, 0.717) is 34.6 Å². The number of aromatic nitrogens is 1. The number of rotatable bonds is 7. The lowest BCUT2D eigenvalue weighted by atomic mass is 9.92. The minimum absolute atomic E-state index is 0.282. The molecule has 1 aliphatic rings. The summed E-state index contributed by atoms with van der Waals surface area (Å²) in [4.78, 5) is 17.9. The molecule has 0 saturated heterocycles. The fourth-order valence-electron chi connectivity index (χ4n) is 4.04. The summed E-state index contributed by atoms with van der Waals surface area (Å²) in [6.45, 7) is 0.445. The zero-order valence-corrected chi connectivity index (χ0v) is 20.2. The lowest BCUT2D eigenvalue weighted by Gasteiger charge is -2.32. The molecule has 3 N–H and O–H groups in total. The molecule has 1 atom stereocenters. The zero-order chi connectivity index (χ0) is 24.7. The molecule has 4 aromatic rings. The first kappa shape index (κ1) is 23.3. The number of thiocarbonyl (C=S) groups is 1. The predicted molar refractivity (Wildman–Crippen MR) is 145 cm³/mol. The molecule has 2 heterocycles. The van der Waals surface area contributed by atoms with Gasteiger partial charge in [-0.05, 0) is 53.2 Å². The predicted octanol–water partition coefficient (Wildman–Crippen LogP) is 5.23. The maximum Gasteiger partial charge on any atom is 0.257 e. The van der Waals surface area contributed by atoms with Crippen LogP contribution in [0.5, 0.6) is 5.75 Å². The van der Waals surface area contributed by atoms with E-state index in [1.807, 2.05) is 91.0 Å². The van der Waals surface area contributed by atoms with Crippen molar-refractivity contribution < 1.29 is 9.53 Å². The van der Waals surface area contributed by atoms with Crippen LogP contribution in [0.25, 0.3) is 5.70 Å². The first-order chi connectivity index (χ1) is 17.7. The number of hydrogen-bond donors (Lipinski definition) is 3. The van der Waals surface area contributed by atoms with Crippen LogP contribution in [0.15, 0.2) is 115 Å². The number of anilines is 1. The van der Waals surface area contributed by atoms with E-state index in [-0.39, 0.29) is 5.91 Å². The fraction of sp³-hybridized carbons (Fsp3) is 0.0690. The molecule has 0 unspecified atom stereocenters. The van der Waals surface area contributed by atoms with Gasteiger partial charge in [-0.3, -0.25) is 4.79 Å². The molecule has 0 saturated carbocycles. The first-order valence-corrected chi connectivity index (χ1v) is 11.9. The summed E-state index contributed by atoms with van der Waals surface area (Å²) in [5.41, 5.74) is 3.93. The minimum atomic E-state index is -0.502. The van der Waals surface area contributed by atoms with Crippen LogP contribution in [0, 0.1) is 0 Å². The van der Waals surface area contributed by atoms with Crippen molar-refractivity contribution in [3.63, 3.8) is 0 Å². The molecule has 1 amide bonds. The Labute approximate surface area is 215 Å². The lowest BCUT2D eigenvalue weighted by Crippen LogP contribution is -2.45. The molecule has 7 heteroatoms. The van der Waals surface area contributed by atoms with Gasteiger partial charge in [0.25, 0.3) is 5.91 Å². The Morgan fingerprint density at radius 3 is 2.42 bits per heavy atom. The number of benzene rings is 3. The number of carbonyl (C=O) groups excluding carboxylic acids is 1. The summed E-state index contributed by atoms with van der Waals surface area (Å²) >= 11 is 5.55. The molecule has 0 bridgehead atoms. The average molecular weight is 493 g/mol. The highest BCUT2D eigenvalue weighted by Crippen LogP contribution is 2.33. The number of amides is 1. The number of nitrogens with one attached hydrogen (secondary N) is 3. The van der Waals surface area contributed by atoms with Gasteiger partial charge in [0.1, 0.15) is 18.2 Å². The third-order valence-corrected chi connectivity index (χ3v) is 5.95. The van der Waals surface area contributed by atoms with Gasteiger partial charge in [0, 0.05) is 6.20 Å².